The van der Waals surface area contributed by atoms with Gasteiger partial charge in [-0.05, 0) is 43.7 Å². The molecule has 0 N–H and O–H groups in total. The fourth-order valence-electron chi connectivity index (χ4n) is 2.51. The van der Waals surface area contributed by atoms with Crippen LogP contribution in [-0.2, 0) is 14.2 Å². The molecule has 0 saturated heterocycles. The van der Waals surface area contributed by atoms with Crippen LogP contribution in [-0.4, -0.2) is 46.3 Å². The monoisotopic (exact) mass is 392 g/mol. The maximum Gasteiger partial charge on any atom is 0.338 e. The van der Waals surface area contributed by atoms with E-state index in [1.807, 2.05) is 6.92 Å². The van der Waals surface area contributed by atoms with Gasteiger partial charge in [0.25, 0.3) is 0 Å². The van der Waals surface area contributed by atoms with Crippen molar-refractivity contribution in [3.05, 3.63) is 47.8 Å². The highest BCUT2D eigenvalue weighted by atomic mass is 19.1. The lowest BCUT2D eigenvalue weighted by molar-refractivity contribution is -0.00836. The van der Waals surface area contributed by atoms with Gasteiger partial charge in [-0.3, -0.25) is 0 Å². The molecule has 6 nitrogen and oxygen atoms in total. The van der Waals surface area contributed by atoms with Gasteiger partial charge in [0, 0.05) is 7.11 Å². The van der Waals surface area contributed by atoms with Gasteiger partial charge in [0.15, 0.2) is 6.79 Å². The van der Waals surface area contributed by atoms with E-state index in [9.17, 15) is 9.18 Å². The number of benzene rings is 2. The van der Waals surface area contributed by atoms with Gasteiger partial charge < -0.3 is 23.7 Å². The van der Waals surface area contributed by atoms with Gasteiger partial charge in [-0.1, -0.05) is 12.1 Å². The lowest BCUT2D eigenvalue weighted by atomic mass is 10.0. The van der Waals surface area contributed by atoms with Crippen LogP contribution in [0.15, 0.2) is 36.4 Å². The molecule has 2 aromatic rings. The fourth-order valence-corrected chi connectivity index (χ4v) is 2.51. The second-order valence-corrected chi connectivity index (χ2v) is 5.67. The molecule has 0 aromatic heterocycles. The Morgan fingerprint density at radius 2 is 1.64 bits per heavy atom. The van der Waals surface area contributed by atoms with E-state index in [0.29, 0.717) is 48.0 Å². The average Bonchev–Trinajstić information content (AvgIpc) is 2.69. The van der Waals surface area contributed by atoms with E-state index in [4.69, 9.17) is 23.7 Å². The topological polar surface area (TPSA) is 63.2 Å². The quantitative estimate of drug-likeness (QED) is 0.326. The van der Waals surface area contributed by atoms with Crippen molar-refractivity contribution in [1.29, 1.82) is 0 Å². The highest BCUT2D eigenvalue weighted by Gasteiger charge is 2.19. The second kappa shape index (κ2) is 11.3. The summed E-state index contributed by atoms with van der Waals surface area (Å²) in [5, 5.41) is 0. The first-order valence-electron chi connectivity index (χ1n) is 9.04. The molecule has 28 heavy (non-hydrogen) atoms. The van der Waals surface area contributed by atoms with Crippen molar-refractivity contribution in [2.75, 3.05) is 40.3 Å². The van der Waals surface area contributed by atoms with Crippen LogP contribution in [0.1, 0.15) is 24.2 Å². The molecular weight excluding hydrogens is 367 g/mol. The fraction of sp³-hybridized carbons (Fsp3) is 0.381. The first-order valence-corrected chi connectivity index (χ1v) is 9.04. The largest absolute Gasteiger partial charge is 0.493 e. The molecule has 2 rings (SSSR count). The van der Waals surface area contributed by atoms with E-state index in [0.717, 1.165) is 0 Å². The summed E-state index contributed by atoms with van der Waals surface area (Å²) in [4.78, 5) is 12.2. The highest BCUT2D eigenvalue weighted by molar-refractivity contribution is 5.93. The summed E-state index contributed by atoms with van der Waals surface area (Å²) >= 11 is 0. The molecule has 0 bridgehead atoms. The van der Waals surface area contributed by atoms with E-state index in [1.54, 1.807) is 38.3 Å². The number of esters is 1. The Bertz CT molecular complexity index is 760. The summed E-state index contributed by atoms with van der Waals surface area (Å²) in [5.74, 6) is -0.0286. The Labute approximate surface area is 164 Å². The Hall–Kier alpha value is -2.64. The number of methoxy groups -OCH3 is 1. The van der Waals surface area contributed by atoms with Crippen LogP contribution in [0.2, 0.25) is 0 Å². The predicted molar refractivity (Wildman–Crippen MR) is 102 cm³/mol. The maximum absolute atomic E-state index is 13.4. The average molecular weight is 392 g/mol. The minimum Gasteiger partial charge on any atom is -0.493 e. The van der Waals surface area contributed by atoms with E-state index in [2.05, 4.69) is 0 Å². The molecule has 152 valence electrons. The van der Waals surface area contributed by atoms with E-state index in [1.165, 1.54) is 12.1 Å². The van der Waals surface area contributed by atoms with Crippen LogP contribution in [0.5, 0.6) is 11.5 Å². The molecule has 0 atom stereocenters. The van der Waals surface area contributed by atoms with Gasteiger partial charge in [0.05, 0.1) is 37.6 Å². The van der Waals surface area contributed by atoms with Gasteiger partial charge in [-0.15, -0.1) is 0 Å². The van der Waals surface area contributed by atoms with Crippen LogP contribution < -0.4 is 9.47 Å². The summed E-state index contributed by atoms with van der Waals surface area (Å²) in [7, 11) is 1.58. The molecule has 7 heteroatoms. The molecule has 0 saturated carbocycles. The third-order valence-corrected chi connectivity index (χ3v) is 3.74. The summed E-state index contributed by atoms with van der Waals surface area (Å²) < 4.78 is 40.3. The Kier molecular flexibility index (Phi) is 8.71. The van der Waals surface area contributed by atoms with Crippen molar-refractivity contribution >= 4 is 5.97 Å². The molecule has 0 heterocycles. The maximum atomic E-state index is 13.4. The normalized spacial score (nSPS) is 10.6. The van der Waals surface area contributed by atoms with Gasteiger partial charge >= 0.3 is 5.97 Å². The number of rotatable bonds is 11. The first-order chi connectivity index (χ1) is 13.6. The van der Waals surface area contributed by atoms with Crippen LogP contribution in [0, 0.1) is 5.82 Å². The molecule has 0 aliphatic heterocycles. The number of carbonyl (C=O) groups excluding carboxylic acids is 1. The van der Waals surface area contributed by atoms with E-state index < -0.39 is 5.97 Å². The Morgan fingerprint density at radius 3 is 2.25 bits per heavy atom. The molecular formula is C21H25FO6. The summed E-state index contributed by atoms with van der Waals surface area (Å²) in [6.07, 6.45) is 0. The van der Waals surface area contributed by atoms with Crippen molar-refractivity contribution in [3.63, 3.8) is 0 Å². The van der Waals surface area contributed by atoms with Crippen molar-refractivity contribution in [3.8, 4) is 22.6 Å². The minimum absolute atomic E-state index is 0.0462. The molecule has 0 aliphatic rings. The SMILES string of the molecule is CCOC(=O)c1cc(OCC)c(-c2ccc(F)cc2)c(OCOCCOC)c1. The molecule has 2 aromatic carbocycles. The number of hydrogen-bond donors (Lipinski definition) is 0. The zero-order chi connectivity index (χ0) is 20.4. The molecule has 0 fully saturated rings. The molecule has 0 amide bonds. The smallest absolute Gasteiger partial charge is 0.338 e. The summed E-state index contributed by atoms with van der Waals surface area (Å²) in [5.41, 5.74) is 1.58. The van der Waals surface area contributed by atoms with Crippen LogP contribution in [0.25, 0.3) is 11.1 Å². The molecule has 0 radical (unpaired) electrons. The Balaban J connectivity index is 2.44. The van der Waals surface area contributed by atoms with Crippen molar-refractivity contribution in [2.24, 2.45) is 0 Å². The van der Waals surface area contributed by atoms with Crippen molar-refractivity contribution < 1.29 is 32.9 Å². The zero-order valence-corrected chi connectivity index (χ0v) is 16.3. The van der Waals surface area contributed by atoms with Crippen LogP contribution in [0.4, 0.5) is 4.39 Å². The van der Waals surface area contributed by atoms with Crippen LogP contribution >= 0.6 is 0 Å². The third kappa shape index (κ3) is 5.94. The summed E-state index contributed by atoms with van der Waals surface area (Å²) in [6, 6.07) is 9.11. The van der Waals surface area contributed by atoms with E-state index >= 15 is 0 Å². The number of halogens is 1. The number of ether oxygens (including phenoxy) is 5. The van der Waals surface area contributed by atoms with Gasteiger partial charge in [0.2, 0.25) is 0 Å². The van der Waals surface area contributed by atoms with Gasteiger partial charge in [-0.2, -0.15) is 0 Å². The first kappa shape index (κ1) is 21.7. The van der Waals surface area contributed by atoms with E-state index in [-0.39, 0.29) is 19.2 Å². The van der Waals surface area contributed by atoms with Crippen molar-refractivity contribution in [1.82, 2.24) is 0 Å². The zero-order valence-electron chi connectivity index (χ0n) is 16.3. The minimum atomic E-state index is -0.487. The van der Waals surface area contributed by atoms with Gasteiger partial charge in [-0.25, -0.2) is 9.18 Å². The number of hydrogen-bond acceptors (Lipinski definition) is 6. The van der Waals surface area contributed by atoms with Crippen LogP contribution in [0.3, 0.4) is 0 Å². The predicted octanol–water partition coefficient (Wildman–Crippen LogP) is 4.07. The second-order valence-electron chi connectivity index (χ2n) is 5.67. The molecule has 0 spiro atoms. The lowest BCUT2D eigenvalue weighted by Crippen LogP contribution is -2.11. The Morgan fingerprint density at radius 1 is 0.964 bits per heavy atom. The molecule has 0 aliphatic carbocycles. The highest BCUT2D eigenvalue weighted by Crippen LogP contribution is 2.40. The number of carbonyl (C=O) groups is 1. The third-order valence-electron chi connectivity index (χ3n) is 3.74. The summed E-state index contributed by atoms with van der Waals surface area (Å²) in [6.45, 7) is 4.94. The lowest BCUT2D eigenvalue weighted by Gasteiger charge is -2.18. The van der Waals surface area contributed by atoms with Gasteiger partial charge in [0.1, 0.15) is 17.3 Å². The molecule has 0 unspecified atom stereocenters. The van der Waals surface area contributed by atoms with Crippen molar-refractivity contribution in [2.45, 2.75) is 13.8 Å². The standard InChI is InChI=1S/C21H25FO6/c1-4-26-18-12-16(21(23)27-5-2)13-19(28-14-25-11-10-24-3)20(18)15-6-8-17(22)9-7-15/h6-9,12-13H,4-5,10-11,14H2,1-3H3.